The molecule has 2 bridgehead atoms. The van der Waals surface area contributed by atoms with Crippen molar-refractivity contribution in [1.29, 1.82) is 0 Å². The highest BCUT2D eigenvalue weighted by atomic mass is 35.5. The molecule has 170 valence electrons. The zero-order valence-corrected chi connectivity index (χ0v) is 18.3. The van der Waals surface area contributed by atoms with Gasteiger partial charge < -0.3 is 4.74 Å². The third kappa shape index (κ3) is 3.27. The molecule has 2 aromatic rings. The van der Waals surface area contributed by atoms with Gasteiger partial charge in [-0.05, 0) is 30.3 Å². The van der Waals surface area contributed by atoms with Gasteiger partial charge in [-0.2, -0.15) is 0 Å². The van der Waals surface area contributed by atoms with Crippen LogP contribution in [-0.4, -0.2) is 43.4 Å². The number of nitrogens with zero attached hydrogens (tertiary/aromatic N) is 2. The van der Waals surface area contributed by atoms with Crippen molar-refractivity contribution in [3.05, 3.63) is 75.8 Å². The number of anilines is 1. The molecule has 2 fully saturated rings. The Morgan fingerprint density at radius 3 is 2.52 bits per heavy atom. The number of amides is 2. The summed E-state index contributed by atoms with van der Waals surface area (Å²) in [4.78, 5) is 37.4. The molecular formula is C21H16ClN3O7S. The molecule has 2 amide bonds. The lowest BCUT2D eigenvalue weighted by molar-refractivity contribution is -0.387. The summed E-state index contributed by atoms with van der Waals surface area (Å²) in [5.74, 6) is -2.69. The normalized spacial score (nSPS) is 27.9. The predicted molar refractivity (Wildman–Crippen MR) is 116 cm³/mol. The van der Waals surface area contributed by atoms with Gasteiger partial charge >= 0.3 is 0 Å². The number of rotatable bonds is 6. The molecule has 0 radical (unpaired) electrons. The third-order valence-electron chi connectivity index (χ3n) is 6.13. The summed E-state index contributed by atoms with van der Waals surface area (Å²) in [5, 5.41) is 11.7. The van der Waals surface area contributed by atoms with Crippen LogP contribution in [0, 0.1) is 22.0 Å². The van der Waals surface area contributed by atoms with Crippen molar-refractivity contribution in [2.45, 2.75) is 16.6 Å². The average molecular weight is 490 g/mol. The Labute approximate surface area is 193 Å². The molecule has 3 aliphatic rings. The van der Waals surface area contributed by atoms with Gasteiger partial charge in [-0.1, -0.05) is 35.9 Å². The number of benzene rings is 2. The minimum absolute atomic E-state index is 0.360. The van der Waals surface area contributed by atoms with Gasteiger partial charge in [-0.15, -0.1) is 0 Å². The highest BCUT2D eigenvalue weighted by molar-refractivity contribution is 7.89. The van der Waals surface area contributed by atoms with E-state index >= 15 is 0 Å². The second-order valence-corrected chi connectivity index (χ2v) is 10.1. The summed E-state index contributed by atoms with van der Waals surface area (Å²) in [6.07, 6.45) is 2.54. The van der Waals surface area contributed by atoms with E-state index in [1.54, 1.807) is 36.4 Å². The van der Waals surface area contributed by atoms with Crippen molar-refractivity contribution in [2.24, 2.45) is 11.8 Å². The number of carbonyl (C=O) groups is 2. The van der Waals surface area contributed by atoms with Gasteiger partial charge in [0.1, 0.15) is 5.60 Å². The number of sulfonamides is 1. The van der Waals surface area contributed by atoms with Crippen molar-refractivity contribution in [2.75, 3.05) is 11.4 Å². The van der Waals surface area contributed by atoms with Crippen LogP contribution >= 0.6 is 11.6 Å². The molecule has 0 saturated carbocycles. The van der Waals surface area contributed by atoms with Crippen LogP contribution in [0.5, 0.6) is 0 Å². The molecule has 2 aromatic carbocycles. The number of ether oxygens (including phenoxy) is 1. The second kappa shape index (κ2) is 7.45. The third-order valence-corrected chi connectivity index (χ3v) is 7.83. The summed E-state index contributed by atoms with van der Waals surface area (Å²) >= 11 is 5.90. The zero-order chi connectivity index (χ0) is 23.5. The standard InChI is InChI=1S/C21H16ClN3O7S/c22-12-5-7-13(8-6-12)24-19(26)17-15-9-10-21(32-15,18(17)20(24)27)11-23-33(30,31)16-4-2-1-3-14(16)25(28)29/h1-10,15,17-18,23H,11H2. The van der Waals surface area contributed by atoms with E-state index in [0.717, 1.165) is 17.0 Å². The lowest BCUT2D eigenvalue weighted by Gasteiger charge is -2.29. The summed E-state index contributed by atoms with van der Waals surface area (Å²) in [5.41, 5.74) is -1.60. The number of hydrogen-bond acceptors (Lipinski definition) is 7. The smallest absolute Gasteiger partial charge is 0.289 e. The van der Waals surface area contributed by atoms with Crippen LogP contribution in [0.25, 0.3) is 0 Å². The number of imide groups is 1. The van der Waals surface area contributed by atoms with Crippen molar-refractivity contribution >= 4 is 44.8 Å². The quantitative estimate of drug-likeness (QED) is 0.284. The van der Waals surface area contributed by atoms with Crippen LogP contribution in [0.4, 0.5) is 11.4 Å². The molecule has 1 N–H and O–H groups in total. The molecule has 3 aliphatic heterocycles. The van der Waals surface area contributed by atoms with Gasteiger partial charge in [0.15, 0.2) is 4.90 Å². The maximum Gasteiger partial charge on any atom is 0.289 e. The average Bonchev–Trinajstić information content (AvgIpc) is 3.44. The minimum Gasteiger partial charge on any atom is -0.361 e. The number of halogens is 1. The molecule has 0 aliphatic carbocycles. The molecule has 3 heterocycles. The summed E-state index contributed by atoms with van der Waals surface area (Å²) in [6, 6.07) is 11.2. The first-order valence-corrected chi connectivity index (χ1v) is 11.7. The van der Waals surface area contributed by atoms with E-state index in [-0.39, 0.29) is 6.54 Å². The Balaban J connectivity index is 1.44. The van der Waals surface area contributed by atoms with E-state index in [2.05, 4.69) is 4.72 Å². The Bertz CT molecular complexity index is 1330. The van der Waals surface area contributed by atoms with E-state index in [0.29, 0.717) is 10.7 Å². The van der Waals surface area contributed by atoms with Gasteiger partial charge in [0.25, 0.3) is 5.69 Å². The number of fused-ring (bicyclic) bond motifs is 5. The molecule has 5 rings (SSSR count). The fourth-order valence-electron chi connectivity index (χ4n) is 4.67. The van der Waals surface area contributed by atoms with Crippen LogP contribution in [-0.2, 0) is 24.3 Å². The molecule has 12 heteroatoms. The van der Waals surface area contributed by atoms with Crippen molar-refractivity contribution in [3.63, 3.8) is 0 Å². The number of carbonyl (C=O) groups excluding carboxylic acids is 2. The molecule has 10 nitrogen and oxygen atoms in total. The SMILES string of the molecule is O=C1C2C3C=CC(CNS(=O)(=O)c4ccccc4[N+](=O)[O-])(O3)C2C(=O)N1c1ccc(Cl)cc1. The Morgan fingerprint density at radius 1 is 1.12 bits per heavy atom. The topological polar surface area (TPSA) is 136 Å². The number of para-hydroxylation sites is 1. The fraction of sp³-hybridized carbons (Fsp3) is 0.238. The molecule has 4 unspecified atom stereocenters. The summed E-state index contributed by atoms with van der Waals surface area (Å²) < 4.78 is 34.0. The largest absolute Gasteiger partial charge is 0.361 e. The molecule has 4 atom stereocenters. The summed E-state index contributed by atoms with van der Waals surface area (Å²) in [7, 11) is -4.31. The van der Waals surface area contributed by atoms with E-state index in [4.69, 9.17) is 16.3 Å². The number of nitrogens with one attached hydrogen (secondary N) is 1. The van der Waals surface area contributed by atoms with Crippen molar-refractivity contribution in [1.82, 2.24) is 4.72 Å². The monoisotopic (exact) mass is 489 g/mol. The zero-order valence-electron chi connectivity index (χ0n) is 16.8. The van der Waals surface area contributed by atoms with E-state index in [9.17, 15) is 28.1 Å². The maximum atomic E-state index is 13.3. The van der Waals surface area contributed by atoms with Gasteiger partial charge in [-0.25, -0.2) is 18.0 Å². The fourth-order valence-corrected chi connectivity index (χ4v) is 6.04. The maximum absolute atomic E-state index is 13.3. The van der Waals surface area contributed by atoms with Crippen molar-refractivity contribution in [3.8, 4) is 0 Å². The molecule has 0 spiro atoms. The van der Waals surface area contributed by atoms with Crippen LogP contribution in [0.3, 0.4) is 0 Å². The first kappa shape index (κ1) is 21.7. The minimum atomic E-state index is -4.31. The first-order valence-electron chi connectivity index (χ1n) is 9.88. The predicted octanol–water partition coefficient (Wildman–Crippen LogP) is 2.04. The number of nitro benzene ring substituents is 1. The second-order valence-electron chi connectivity index (χ2n) is 7.94. The lowest BCUT2D eigenvalue weighted by Crippen LogP contribution is -2.48. The highest BCUT2D eigenvalue weighted by Crippen LogP contribution is 2.52. The number of nitro groups is 1. The Morgan fingerprint density at radius 2 is 1.82 bits per heavy atom. The van der Waals surface area contributed by atoms with Crippen LogP contribution in [0.15, 0.2) is 65.6 Å². The van der Waals surface area contributed by atoms with Crippen LogP contribution < -0.4 is 9.62 Å². The van der Waals surface area contributed by atoms with Gasteiger partial charge in [-0.3, -0.25) is 19.7 Å². The molecular weight excluding hydrogens is 474 g/mol. The van der Waals surface area contributed by atoms with E-state index in [1.807, 2.05) is 0 Å². The Hall–Kier alpha value is -3.12. The van der Waals surface area contributed by atoms with Crippen LogP contribution in [0.1, 0.15) is 0 Å². The molecule has 0 aromatic heterocycles. The van der Waals surface area contributed by atoms with Crippen LogP contribution in [0.2, 0.25) is 5.02 Å². The number of hydrogen-bond donors (Lipinski definition) is 1. The lowest BCUT2D eigenvalue weighted by atomic mass is 9.77. The highest BCUT2D eigenvalue weighted by Gasteiger charge is 2.67. The Kier molecular flexibility index (Phi) is 4.90. The van der Waals surface area contributed by atoms with Gasteiger partial charge in [0.05, 0.1) is 28.6 Å². The molecule has 33 heavy (non-hydrogen) atoms. The van der Waals surface area contributed by atoms with Gasteiger partial charge in [0.2, 0.25) is 21.8 Å². The van der Waals surface area contributed by atoms with Gasteiger partial charge in [0, 0.05) is 17.6 Å². The van der Waals surface area contributed by atoms with Crippen molar-refractivity contribution < 1.29 is 27.7 Å². The molecule has 2 saturated heterocycles. The first-order chi connectivity index (χ1) is 15.6. The van der Waals surface area contributed by atoms with E-state index < -0.39 is 60.9 Å². The van der Waals surface area contributed by atoms with E-state index in [1.165, 1.54) is 12.1 Å². The summed E-state index contributed by atoms with van der Waals surface area (Å²) in [6.45, 7) is -0.372.